The molecule has 1 unspecified atom stereocenters. The number of nitrogens with zero attached hydrogens (tertiary/aromatic N) is 2. The van der Waals surface area contributed by atoms with Crippen molar-refractivity contribution in [2.24, 2.45) is 0 Å². The molecule has 0 spiro atoms. The van der Waals surface area contributed by atoms with Crippen LogP contribution in [0.1, 0.15) is 35.5 Å². The fourth-order valence-corrected chi connectivity index (χ4v) is 2.43. The van der Waals surface area contributed by atoms with E-state index < -0.39 is 6.10 Å². The molecule has 128 valence electrons. The molecule has 0 aliphatic carbocycles. The maximum Gasteiger partial charge on any atom is 0.317 e. The number of hydrogen-bond acceptors (Lipinski definition) is 3. The van der Waals surface area contributed by atoms with Gasteiger partial charge in [-0.15, -0.1) is 0 Å². The lowest BCUT2D eigenvalue weighted by Gasteiger charge is -2.24. The summed E-state index contributed by atoms with van der Waals surface area (Å²) >= 11 is 0. The number of pyridine rings is 1. The summed E-state index contributed by atoms with van der Waals surface area (Å²) in [4.78, 5) is 18.3. The van der Waals surface area contributed by atoms with E-state index in [9.17, 15) is 9.90 Å². The molecule has 2 rings (SSSR count). The molecule has 0 bridgehead atoms. The fraction of sp³-hybridized carbons (Fsp3) is 0.368. The average Bonchev–Trinajstić information content (AvgIpc) is 2.58. The zero-order chi connectivity index (χ0) is 17.5. The minimum Gasteiger partial charge on any atom is -0.387 e. The number of rotatable bonds is 6. The lowest BCUT2D eigenvalue weighted by Crippen LogP contribution is -2.41. The molecule has 5 heteroatoms. The van der Waals surface area contributed by atoms with Crippen LogP contribution in [0.3, 0.4) is 0 Å². The Morgan fingerprint density at radius 3 is 2.54 bits per heavy atom. The number of aliphatic hydroxyl groups is 1. The highest BCUT2D eigenvalue weighted by atomic mass is 16.3. The lowest BCUT2D eigenvalue weighted by atomic mass is 10.1. The Morgan fingerprint density at radius 1 is 1.21 bits per heavy atom. The van der Waals surface area contributed by atoms with Gasteiger partial charge >= 0.3 is 6.03 Å². The number of nitrogens with one attached hydrogen (secondary N) is 1. The highest BCUT2D eigenvalue weighted by molar-refractivity contribution is 5.74. The molecule has 2 amide bonds. The topological polar surface area (TPSA) is 65.5 Å². The van der Waals surface area contributed by atoms with Crippen LogP contribution < -0.4 is 5.32 Å². The summed E-state index contributed by atoms with van der Waals surface area (Å²) in [6, 6.07) is 13.2. The number of urea groups is 1. The molecule has 0 fully saturated rings. The Labute approximate surface area is 143 Å². The van der Waals surface area contributed by atoms with E-state index in [1.54, 1.807) is 4.90 Å². The average molecular weight is 327 g/mol. The monoisotopic (exact) mass is 327 g/mol. The first-order valence-electron chi connectivity index (χ1n) is 8.19. The lowest BCUT2D eigenvalue weighted by molar-refractivity contribution is 0.123. The van der Waals surface area contributed by atoms with Crippen molar-refractivity contribution in [2.45, 2.75) is 33.4 Å². The molecule has 2 aromatic rings. The standard InChI is InChI=1S/C19H25N3O2/c1-4-22(13-18(23)16-10-8-14(2)9-11-16)19(24)20-12-17-7-5-6-15(3)21-17/h5-11,18,23H,4,12-13H2,1-3H3,(H,20,24). The number of aryl methyl sites for hydroxylation is 2. The minimum absolute atomic E-state index is 0.202. The van der Waals surface area contributed by atoms with Crippen molar-refractivity contribution in [3.8, 4) is 0 Å². The van der Waals surface area contributed by atoms with Gasteiger partial charge in [-0.05, 0) is 38.5 Å². The fourth-order valence-electron chi connectivity index (χ4n) is 2.43. The molecule has 24 heavy (non-hydrogen) atoms. The van der Waals surface area contributed by atoms with Gasteiger partial charge in [0.2, 0.25) is 0 Å². The van der Waals surface area contributed by atoms with Gasteiger partial charge in [-0.2, -0.15) is 0 Å². The van der Waals surface area contributed by atoms with Crippen LogP contribution in [0.15, 0.2) is 42.5 Å². The Hall–Kier alpha value is -2.40. The smallest absolute Gasteiger partial charge is 0.317 e. The van der Waals surface area contributed by atoms with Crippen molar-refractivity contribution in [3.05, 3.63) is 65.0 Å². The normalized spacial score (nSPS) is 11.8. The number of likely N-dealkylation sites (N-methyl/N-ethyl adjacent to an activating group) is 1. The summed E-state index contributed by atoms with van der Waals surface area (Å²) in [6.45, 7) is 6.97. The largest absolute Gasteiger partial charge is 0.387 e. The second-order valence-electron chi connectivity index (χ2n) is 5.89. The number of carbonyl (C=O) groups excluding carboxylic acids is 1. The third-order valence-corrected chi connectivity index (χ3v) is 3.89. The molecule has 0 aliphatic heterocycles. The van der Waals surface area contributed by atoms with Gasteiger partial charge in [0.25, 0.3) is 0 Å². The van der Waals surface area contributed by atoms with Gasteiger partial charge in [0.1, 0.15) is 0 Å². The van der Waals surface area contributed by atoms with Gasteiger partial charge in [0.15, 0.2) is 0 Å². The number of aliphatic hydroxyl groups excluding tert-OH is 1. The Bertz CT molecular complexity index is 671. The van der Waals surface area contributed by atoms with E-state index in [2.05, 4.69) is 10.3 Å². The van der Waals surface area contributed by atoms with Gasteiger partial charge in [-0.3, -0.25) is 4.98 Å². The number of carbonyl (C=O) groups is 1. The highest BCUT2D eigenvalue weighted by Crippen LogP contribution is 2.15. The molecule has 0 radical (unpaired) electrons. The van der Waals surface area contributed by atoms with E-state index in [-0.39, 0.29) is 12.6 Å². The van der Waals surface area contributed by atoms with Crippen LogP contribution in [0.4, 0.5) is 4.79 Å². The SMILES string of the molecule is CCN(CC(O)c1ccc(C)cc1)C(=O)NCc1cccc(C)n1. The van der Waals surface area contributed by atoms with Gasteiger partial charge in [0.05, 0.1) is 24.9 Å². The molecule has 1 heterocycles. The summed E-state index contributed by atoms with van der Waals surface area (Å²) in [6.07, 6.45) is -0.701. The zero-order valence-corrected chi connectivity index (χ0v) is 14.5. The van der Waals surface area contributed by atoms with Crippen LogP contribution >= 0.6 is 0 Å². The number of benzene rings is 1. The Balaban J connectivity index is 1.92. The van der Waals surface area contributed by atoms with Gasteiger partial charge in [0, 0.05) is 12.2 Å². The molecule has 1 aromatic carbocycles. The molecular weight excluding hydrogens is 302 g/mol. The van der Waals surface area contributed by atoms with Crippen molar-refractivity contribution in [1.82, 2.24) is 15.2 Å². The first-order valence-corrected chi connectivity index (χ1v) is 8.19. The van der Waals surface area contributed by atoms with Crippen LogP contribution in [0, 0.1) is 13.8 Å². The number of aromatic nitrogens is 1. The molecule has 5 nitrogen and oxygen atoms in total. The Morgan fingerprint density at radius 2 is 1.92 bits per heavy atom. The van der Waals surface area contributed by atoms with Crippen LogP contribution in [0.5, 0.6) is 0 Å². The second-order valence-corrected chi connectivity index (χ2v) is 5.89. The van der Waals surface area contributed by atoms with Crippen LogP contribution in [0.2, 0.25) is 0 Å². The minimum atomic E-state index is -0.701. The van der Waals surface area contributed by atoms with E-state index in [4.69, 9.17) is 0 Å². The van der Waals surface area contributed by atoms with Gasteiger partial charge < -0.3 is 15.3 Å². The quantitative estimate of drug-likeness (QED) is 0.857. The van der Waals surface area contributed by atoms with Crippen molar-refractivity contribution < 1.29 is 9.90 Å². The molecule has 0 saturated heterocycles. The Kier molecular flexibility index (Phi) is 6.32. The molecule has 1 atom stereocenters. The van der Waals surface area contributed by atoms with Gasteiger partial charge in [-0.1, -0.05) is 35.9 Å². The van der Waals surface area contributed by atoms with Crippen molar-refractivity contribution >= 4 is 6.03 Å². The molecule has 0 aliphatic rings. The molecule has 0 saturated carbocycles. The summed E-state index contributed by atoms with van der Waals surface area (Å²) in [5, 5.41) is 13.2. The van der Waals surface area contributed by atoms with E-state index >= 15 is 0 Å². The van der Waals surface area contributed by atoms with E-state index in [1.807, 2.05) is 63.2 Å². The number of hydrogen-bond donors (Lipinski definition) is 2. The molecule has 2 N–H and O–H groups in total. The van der Waals surface area contributed by atoms with Gasteiger partial charge in [-0.25, -0.2) is 4.79 Å². The third-order valence-electron chi connectivity index (χ3n) is 3.89. The maximum absolute atomic E-state index is 12.3. The van der Waals surface area contributed by atoms with Crippen LogP contribution in [0.25, 0.3) is 0 Å². The van der Waals surface area contributed by atoms with Crippen molar-refractivity contribution in [2.75, 3.05) is 13.1 Å². The van der Waals surface area contributed by atoms with Crippen molar-refractivity contribution in [3.63, 3.8) is 0 Å². The maximum atomic E-state index is 12.3. The van der Waals surface area contributed by atoms with Crippen LogP contribution in [-0.4, -0.2) is 34.1 Å². The number of amides is 2. The highest BCUT2D eigenvalue weighted by Gasteiger charge is 2.17. The first-order chi connectivity index (χ1) is 11.5. The molecular formula is C19H25N3O2. The summed E-state index contributed by atoms with van der Waals surface area (Å²) in [7, 11) is 0. The zero-order valence-electron chi connectivity index (χ0n) is 14.5. The van der Waals surface area contributed by atoms with E-state index in [1.165, 1.54) is 0 Å². The van der Waals surface area contributed by atoms with Crippen LogP contribution in [-0.2, 0) is 6.54 Å². The summed E-state index contributed by atoms with van der Waals surface area (Å²) < 4.78 is 0. The third kappa shape index (κ3) is 5.06. The van der Waals surface area contributed by atoms with Crippen molar-refractivity contribution in [1.29, 1.82) is 0 Å². The summed E-state index contributed by atoms with van der Waals surface area (Å²) in [5.74, 6) is 0. The first kappa shape index (κ1) is 17.9. The predicted molar refractivity (Wildman–Crippen MR) is 94.6 cm³/mol. The molecule has 1 aromatic heterocycles. The second kappa shape index (κ2) is 8.45. The van der Waals surface area contributed by atoms with E-state index in [0.717, 1.165) is 22.5 Å². The summed E-state index contributed by atoms with van der Waals surface area (Å²) in [5.41, 5.74) is 3.69. The van der Waals surface area contributed by atoms with E-state index in [0.29, 0.717) is 13.1 Å². The predicted octanol–water partition coefficient (Wildman–Crippen LogP) is 2.96.